The molecule has 0 aliphatic rings. The van der Waals surface area contributed by atoms with Gasteiger partial charge in [-0.05, 0) is 24.6 Å². The zero-order chi connectivity index (χ0) is 14.4. The Morgan fingerprint density at radius 1 is 1.00 bits per heavy atom. The molecule has 21 heavy (non-hydrogen) atoms. The summed E-state index contributed by atoms with van der Waals surface area (Å²) in [5.41, 5.74) is 9.21. The lowest BCUT2D eigenvalue weighted by molar-refractivity contribution is 1.24. The van der Waals surface area contributed by atoms with Gasteiger partial charge in [-0.1, -0.05) is 30.3 Å². The highest BCUT2D eigenvalue weighted by Gasteiger charge is 2.12. The van der Waals surface area contributed by atoms with Gasteiger partial charge in [0.05, 0.1) is 5.52 Å². The number of aryl methyl sites for hydroxylation is 1. The van der Waals surface area contributed by atoms with Crippen LogP contribution in [0.25, 0.3) is 32.4 Å². The smallest absolute Gasteiger partial charge is 0.163 e. The Morgan fingerprint density at radius 3 is 2.76 bits per heavy atom. The van der Waals surface area contributed by atoms with Crippen LogP contribution < -0.4 is 5.73 Å². The summed E-state index contributed by atoms with van der Waals surface area (Å²) in [7, 11) is 0. The van der Waals surface area contributed by atoms with Crippen molar-refractivity contribution in [3.63, 3.8) is 0 Å². The first-order valence-electron chi connectivity index (χ1n) is 6.73. The van der Waals surface area contributed by atoms with Crippen LogP contribution in [0.2, 0.25) is 0 Å². The molecule has 4 rings (SSSR count). The molecule has 2 aromatic carbocycles. The average Bonchev–Trinajstić information content (AvgIpc) is 2.91. The fourth-order valence-electron chi connectivity index (χ4n) is 2.66. The summed E-state index contributed by atoms with van der Waals surface area (Å²) >= 11 is 1.70. The third-order valence-electron chi connectivity index (χ3n) is 3.68. The van der Waals surface area contributed by atoms with Crippen molar-refractivity contribution in [3.8, 4) is 11.4 Å². The van der Waals surface area contributed by atoms with Crippen LogP contribution in [0.1, 0.15) is 5.56 Å². The zero-order valence-electron chi connectivity index (χ0n) is 11.5. The molecule has 0 aliphatic heterocycles. The molecule has 0 radical (unpaired) electrons. The van der Waals surface area contributed by atoms with Crippen LogP contribution in [0.15, 0.2) is 47.8 Å². The molecular formula is C17H13N3S. The number of aromatic nitrogens is 2. The van der Waals surface area contributed by atoms with Crippen LogP contribution >= 0.6 is 11.3 Å². The molecule has 2 heterocycles. The van der Waals surface area contributed by atoms with Gasteiger partial charge in [0.25, 0.3) is 0 Å². The van der Waals surface area contributed by atoms with Crippen molar-refractivity contribution in [1.82, 2.24) is 9.97 Å². The first-order valence-corrected chi connectivity index (χ1v) is 7.61. The minimum Gasteiger partial charge on any atom is -0.383 e. The number of hydrogen-bond donors (Lipinski definition) is 1. The van der Waals surface area contributed by atoms with Crippen molar-refractivity contribution in [2.45, 2.75) is 6.92 Å². The molecule has 3 nitrogen and oxygen atoms in total. The minimum atomic E-state index is 0.545. The number of anilines is 1. The molecule has 2 N–H and O–H groups in total. The lowest BCUT2D eigenvalue weighted by atomic mass is 10.1. The lowest BCUT2D eigenvalue weighted by Gasteiger charge is -2.07. The predicted octanol–water partition coefficient (Wildman–Crippen LogP) is 4.40. The monoisotopic (exact) mass is 291 g/mol. The van der Waals surface area contributed by atoms with Gasteiger partial charge in [0.15, 0.2) is 5.82 Å². The van der Waals surface area contributed by atoms with E-state index < -0.39 is 0 Å². The Hall–Kier alpha value is -2.46. The number of thiophene rings is 1. The molecule has 4 aromatic rings. The van der Waals surface area contributed by atoms with Crippen LogP contribution in [0.3, 0.4) is 0 Å². The van der Waals surface area contributed by atoms with Crippen molar-refractivity contribution in [2.75, 3.05) is 5.73 Å². The second-order valence-electron chi connectivity index (χ2n) is 5.05. The van der Waals surface area contributed by atoms with Gasteiger partial charge in [-0.25, -0.2) is 9.97 Å². The van der Waals surface area contributed by atoms with Gasteiger partial charge in [0, 0.05) is 26.4 Å². The molecule has 0 aliphatic carbocycles. The van der Waals surface area contributed by atoms with Gasteiger partial charge in [-0.3, -0.25) is 0 Å². The van der Waals surface area contributed by atoms with Gasteiger partial charge in [-0.15, -0.1) is 11.3 Å². The van der Waals surface area contributed by atoms with E-state index in [2.05, 4.69) is 22.5 Å². The maximum Gasteiger partial charge on any atom is 0.163 e. The highest BCUT2D eigenvalue weighted by atomic mass is 32.1. The highest BCUT2D eigenvalue weighted by Crippen LogP contribution is 2.33. The maximum absolute atomic E-state index is 6.16. The summed E-state index contributed by atoms with van der Waals surface area (Å²) in [4.78, 5) is 9.23. The Morgan fingerprint density at radius 2 is 1.86 bits per heavy atom. The Bertz CT molecular complexity index is 972. The van der Waals surface area contributed by atoms with E-state index in [0.29, 0.717) is 11.6 Å². The summed E-state index contributed by atoms with van der Waals surface area (Å²) in [6.07, 6.45) is 0. The van der Waals surface area contributed by atoms with Crippen LogP contribution in [0.5, 0.6) is 0 Å². The van der Waals surface area contributed by atoms with E-state index in [0.717, 1.165) is 22.0 Å². The van der Waals surface area contributed by atoms with Crippen molar-refractivity contribution >= 4 is 38.1 Å². The molecule has 0 atom stereocenters. The topological polar surface area (TPSA) is 51.8 Å². The van der Waals surface area contributed by atoms with E-state index in [4.69, 9.17) is 10.7 Å². The summed E-state index contributed by atoms with van der Waals surface area (Å²) in [6.45, 7) is 2.03. The quantitative estimate of drug-likeness (QED) is 0.565. The van der Waals surface area contributed by atoms with Crippen LogP contribution in [0, 0.1) is 6.92 Å². The molecule has 102 valence electrons. The van der Waals surface area contributed by atoms with Gasteiger partial charge in [0.2, 0.25) is 0 Å². The third-order valence-corrected chi connectivity index (χ3v) is 4.65. The third kappa shape index (κ3) is 1.87. The Balaban J connectivity index is 2.03. The van der Waals surface area contributed by atoms with Crippen molar-refractivity contribution in [1.29, 1.82) is 0 Å². The molecule has 0 spiro atoms. The Kier molecular flexibility index (Phi) is 2.65. The fraction of sp³-hybridized carbons (Fsp3) is 0.0588. The van der Waals surface area contributed by atoms with E-state index in [1.165, 1.54) is 10.1 Å². The SMILES string of the molecule is Cc1cccc2nc(-c3csc4ccccc34)nc(N)c12. The molecule has 0 amide bonds. The summed E-state index contributed by atoms with van der Waals surface area (Å²) in [5, 5.41) is 4.22. The number of hydrogen-bond acceptors (Lipinski definition) is 4. The number of nitrogens with zero attached hydrogens (tertiary/aromatic N) is 2. The van der Waals surface area contributed by atoms with Gasteiger partial charge in [0.1, 0.15) is 5.82 Å². The van der Waals surface area contributed by atoms with Crippen LogP contribution in [-0.2, 0) is 0 Å². The molecule has 4 heteroatoms. The maximum atomic E-state index is 6.16. The normalized spacial score (nSPS) is 11.3. The van der Waals surface area contributed by atoms with Crippen molar-refractivity contribution in [3.05, 3.63) is 53.4 Å². The predicted molar refractivity (Wildman–Crippen MR) is 89.5 cm³/mol. The van der Waals surface area contributed by atoms with Crippen LogP contribution in [0.4, 0.5) is 5.82 Å². The first kappa shape index (κ1) is 12.3. The first-order chi connectivity index (χ1) is 10.2. The van der Waals surface area contributed by atoms with Gasteiger partial charge in [-0.2, -0.15) is 0 Å². The summed E-state index contributed by atoms with van der Waals surface area (Å²) < 4.78 is 1.24. The van der Waals surface area contributed by atoms with E-state index >= 15 is 0 Å². The van der Waals surface area contributed by atoms with E-state index in [1.807, 2.05) is 37.3 Å². The minimum absolute atomic E-state index is 0.545. The number of benzene rings is 2. The van der Waals surface area contributed by atoms with Crippen LogP contribution in [-0.4, -0.2) is 9.97 Å². The van der Waals surface area contributed by atoms with Crippen molar-refractivity contribution < 1.29 is 0 Å². The highest BCUT2D eigenvalue weighted by molar-refractivity contribution is 7.17. The van der Waals surface area contributed by atoms with E-state index in [1.54, 1.807) is 11.3 Å². The molecule has 0 bridgehead atoms. The van der Waals surface area contributed by atoms with Gasteiger partial charge < -0.3 is 5.73 Å². The molecule has 0 unspecified atom stereocenters. The number of rotatable bonds is 1. The fourth-order valence-corrected chi connectivity index (χ4v) is 3.60. The molecule has 0 saturated heterocycles. The molecule has 0 fully saturated rings. The zero-order valence-corrected chi connectivity index (χ0v) is 12.3. The molecule has 0 saturated carbocycles. The standard InChI is InChI=1S/C17H13N3S/c1-10-5-4-7-13-15(10)16(18)20-17(19-13)12-9-21-14-8-3-2-6-11(12)14/h2-9H,1H3,(H2,18,19,20). The second kappa shape index (κ2) is 4.53. The van der Waals surface area contributed by atoms with Gasteiger partial charge >= 0.3 is 0 Å². The van der Waals surface area contributed by atoms with E-state index in [9.17, 15) is 0 Å². The largest absolute Gasteiger partial charge is 0.383 e. The molecular weight excluding hydrogens is 278 g/mol. The number of fused-ring (bicyclic) bond motifs is 2. The lowest BCUT2D eigenvalue weighted by Crippen LogP contribution is -1.98. The van der Waals surface area contributed by atoms with E-state index in [-0.39, 0.29) is 0 Å². The second-order valence-corrected chi connectivity index (χ2v) is 5.96. The Labute approximate surface area is 126 Å². The van der Waals surface area contributed by atoms with Crippen molar-refractivity contribution in [2.24, 2.45) is 0 Å². The summed E-state index contributed by atoms with van der Waals surface area (Å²) in [5.74, 6) is 1.24. The molecule has 2 aromatic heterocycles. The number of nitrogens with two attached hydrogens (primary N) is 1. The summed E-state index contributed by atoms with van der Waals surface area (Å²) in [6, 6.07) is 14.3. The number of nitrogen functional groups attached to an aromatic ring is 1. The average molecular weight is 291 g/mol.